The summed E-state index contributed by atoms with van der Waals surface area (Å²) in [6.07, 6.45) is 0. The minimum atomic E-state index is -0.0751. The van der Waals surface area contributed by atoms with Gasteiger partial charge in [0.05, 0.1) is 19.8 Å². The average molecular weight is 335 g/mol. The molecule has 0 fully saturated rings. The Bertz CT molecular complexity index is 630. The minimum absolute atomic E-state index is 0.0751. The highest BCUT2D eigenvalue weighted by molar-refractivity contribution is 9.10. The van der Waals surface area contributed by atoms with Crippen LogP contribution in [0.3, 0.4) is 0 Å². The SMILES string of the molecule is COc1ccc(C(=O)c2cc(C)cc(Br)c2)c(OC)c1. The summed E-state index contributed by atoms with van der Waals surface area (Å²) >= 11 is 3.41. The first-order chi connectivity index (χ1) is 9.55. The Balaban J connectivity index is 2.47. The smallest absolute Gasteiger partial charge is 0.196 e. The first kappa shape index (κ1) is 14.6. The van der Waals surface area contributed by atoms with Crippen molar-refractivity contribution in [2.24, 2.45) is 0 Å². The van der Waals surface area contributed by atoms with Crippen molar-refractivity contribution in [3.8, 4) is 11.5 Å². The molecular weight excluding hydrogens is 320 g/mol. The lowest BCUT2D eigenvalue weighted by Crippen LogP contribution is -2.04. The lowest BCUT2D eigenvalue weighted by molar-refractivity contribution is 0.103. The summed E-state index contributed by atoms with van der Waals surface area (Å²) in [5.74, 6) is 1.09. The first-order valence-electron chi connectivity index (χ1n) is 6.09. The number of methoxy groups -OCH3 is 2. The molecule has 0 aliphatic carbocycles. The Hall–Kier alpha value is -1.81. The van der Waals surface area contributed by atoms with Gasteiger partial charge in [0, 0.05) is 16.1 Å². The normalized spacial score (nSPS) is 10.2. The average Bonchev–Trinajstić information content (AvgIpc) is 2.44. The molecule has 0 atom stereocenters. The molecule has 3 nitrogen and oxygen atoms in total. The molecule has 0 bridgehead atoms. The molecule has 0 aliphatic rings. The first-order valence-corrected chi connectivity index (χ1v) is 6.88. The molecule has 2 aromatic rings. The third-order valence-electron chi connectivity index (χ3n) is 2.96. The van der Waals surface area contributed by atoms with Gasteiger partial charge in [-0.3, -0.25) is 4.79 Å². The van der Waals surface area contributed by atoms with E-state index in [1.807, 2.05) is 19.1 Å². The minimum Gasteiger partial charge on any atom is -0.497 e. The fourth-order valence-electron chi connectivity index (χ4n) is 2.01. The van der Waals surface area contributed by atoms with Crippen molar-refractivity contribution in [2.45, 2.75) is 6.92 Å². The molecule has 0 spiro atoms. The monoisotopic (exact) mass is 334 g/mol. The predicted molar refractivity (Wildman–Crippen MR) is 81.9 cm³/mol. The number of rotatable bonds is 4. The summed E-state index contributed by atoms with van der Waals surface area (Å²) in [4.78, 5) is 12.6. The predicted octanol–water partition coefficient (Wildman–Crippen LogP) is 4.01. The summed E-state index contributed by atoms with van der Waals surface area (Å²) in [7, 11) is 3.12. The number of ketones is 1. The van der Waals surface area contributed by atoms with E-state index >= 15 is 0 Å². The van der Waals surface area contributed by atoms with E-state index in [1.165, 1.54) is 7.11 Å². The number of halogens is 1. The van der Waals surface area contributed by atoms with Crippen molar-refractivity contribution in [3.05, 3.63) is 57.6 Å². The van der Waals surface area contributed by atoms with Gasteiger partial charge in [-0.1, -0.05) is 15.9 Å². The highest BCUT2D eigenvalue weighted by Gasteiger charge is 2.16. The van der Waals surface area contributed by atoms with Gasteiger partial charge in [-0.15, -0.1) is 0 Å². The lowest BCUT2D eigenvalue weighted by Gasteiger charge is -2.10. The van der Waals surface area contributed by atoms with E-state index in [9.17, 15) is 4.79 Å². The molecule has 0 aliphatic heterocycles. The van der Waals surface area contributed by atoms with Crippen LogP contribution in [0.1, 0.15) is 21.5 Å². The highest BCUT2D eigenvalue weighted by Crippen LogP contribution is 2.27. The standard InChI is InChI=1S/C16H15BrO3/c1-10-6-11(8-12(17)7-10)16(18)14-5-4-13(19-2)9-15(14)20-3/h4-9H,1-3H3. The van der Waals surface area contributed by atoms with Crippen LogP contribution in [0.2, 0.25) is 0 Å². The zero-order chi connectivity index (χ0) is 14.7. The van der Waals surface area contributed by atoms with E-state index in [0.717, 1.165) is 10.0 Å². The third-order valence-corrected chi connectivity index (χ3v) is 3.42. The van der Waals surface area contributed by atoms with E-state index in [0.29, 0.717) is 22.6 Å². The van der Waals surface area contributed by atoms with Crippen molar-refractivity contribution in [3.63, 3.8) is 0 Å². The van der Waals surface area contributed by atoms with Gasteiger partial charge in [-0.05, 0) is 42.8 Å². The van der Waals surface area contributed by atoms with E-state index in [-0.39, 0.29) is 5.78 Å². The van der Waals surface area contributed by atoms with Crippen molar-refractivity contribution < 1.29 is 14.3 Å². The van der Waals surface area contributed by atoms with Crippen LogP contribution in [-0.4, -0.2) is 20.0 Å². The molecule has 0 amide bonds. The van der Waals surface area contributed by atoms with Gasteiger partial charge < -0.3 is 9.47 Å². The largest absolute Gasteiger partial charge is 0.497 e. The second-order valence-electron chi connectivity index (χ2n) is 4.41. The number of ether oxygens (including phenoxy) is 2. The molecule has 0 saturated heterocycles. The second kappa shape index (κ2) is 6.09. The fourth-order valence-corrected chi connectivity index (χ4v) is 2.62. The Morgan fingerprint density at radius 1 is 1.05 bits per heavy atom. The van der Waals surface area contributed by atoms with Gasteiger partial charge in [-0.25, -0.2) is 0 Å². The molecule has 20 heavy (non-hydrogen) atoms. The van der Waals surface area contributed by atoms with Crippen LogP contribution in [0.25, 0.3) is 0 Å². The van der Waals surface area contributed by atoms with Crippen LogP contribution < -0.4 is 9.47 Å². The van der Waals surface area contributed by atoms with E-state index < -0.39 is 0 Å². The molecule has 0 radical (unpaired) electrons. The van der Waals surface area contributed by atoms with Crippen molar-refractivity contribution in [1.82, 2.24) is 0 Å². The topological polar surface area (TPSA) is 35.5 Å². The molecule has 0 saturated carbocycles. The maximum absolute atomic E-state index is 12.6. The zero-order valence-electron chi connectivity index (χ0n) is 11.6. The van der Waals surface area contributed by atoms with Gasteiger partial charge in [0.25, 0.3) is 0 Å². The van der Waals surface area contributed by atoms with Gasteiger partial charge in [0.2, 0.25) is 0 Å². The number of carbonyl (C=O) groups is 1. The summed E-state index contributed by atoms with van der Waals surface area (Å²) in [6.45, 7) is 1.95. The molecule has 0 unspecified atom stereocenters. The van der Waals surface area contributed by atoms with Gasteiger partial charge in [-0.2, -0.15) is 0 Å². The molecular formula is C16H15BrO3. The Morgan fingerprint density at radius 3 is 2.40 bits per heavy atom. The molecule has 4 heteroatoms. The zero-order valence-corrected chi connectivity index (χ0v) is 13.2. The Morgan fingerprint density at radius 2 is 1.80 bits per heavy atom. The van der Waals surface area contributed by atoms with Crippen LogP contribution in [0.15, 0.2) is 40.9 Å². The molecule has 0 N–H and O–H groups in total. The quantitative estimate of drug-likeness (QED) is 0.792. The molecule has 2 aromatic carbocycles. The summed E-state index contributed by atoms with van der Waals surface area (Å²) in [6, 6.07) is 10.8. The van der Waals surface area contributed by atoms with Gasteiger partial charge in [0.15, 0.2) is 5.78 Å². The Labute approximate surface area is 126 Å². The molecule has 0 heterocycles. The molecule has 0 aromatic heterocycles. The van der Waals surface area contributed by atoms with E-state index in [1.54, 1.807) is 31.4 Å². The summed E-state index contributed by atoms with van der Waals surface area (Å²) in [5, 5.41) is 0. The van der Waals surface area contributed by atoms with Crippen LogP contribution in [0.5, 0.6) is 11.5 Å². The highest BCUT2D eigenvalue weighted by atomic mass is 79.9. The number of hydrogen-bond donors (Lipinski definition) is 0. The molecule has 2 rings (SSSR count). The number of benzene rings is 2. The number of hydrogen-bond acceptors (Lipinski definition) is 3. The second-order valence-corrected chi connectivity index (χ2v) is 5.33. The maximum Gasteiger partial charge on any atom is 0.196 e. The van der Waals surface area contributed by atoms with E-state index in [2.05, 4.69) is 15.9 Å². The summed E-state index contributed by atoms with van der Waals surface area (Å²) in [5.41, 5.74) is 2.17. The lowest BCUT2D eigenvalue weighted by atomic mass is 10.0. The van der Waals surface area contributed by atoms with E-state index in [4.69, 9.17) is 9.47 Å². The third kappa shape index (κ3) is 3.02. The van der Waals surface area contributed by atoms with Crippen LogP contribution in [0, 0.1) is 6.92 Å². The van der Waals surface area contributed by atoms with Crippen LogP contribution in [-0.2, 0) is 0 Å². The maximum atomic E-state index is 12.6. The fraction of sp³-hybridized carbons (Fsp3) is 0.188. The summed E-state index contributed by atoms with van der Waals surface area (Å²) < 4.78 is 11.3. The number of aryl methyl sites for hydroxylation is 1. The van der Waals surface area contributed by atoms with Crippen molar-refractivity contribution in [2.75, 3.05) is 14.2 Å². The van der Waals surface area contributed by atoms with Crippen LogP contribution >= 0.6 is 15.9 Å². The van der Waals surface area contributed by atoms with Gasteiger partial charge in [0.1, 0.15) is 11.5 Å². The number of carbonyl (C=O) groups excluding carboxylic acids is 1. The van der Waals surface area contributed by atoms with Crippen molar-refractivity contribution in [1.29, 1.82) is 0 Å². The molecule has 104 valence electrons. The van der Waals surface area contributed by atoms with Crippen LogP contribution in [0.4, 0.5) is 0 Å². The van der Waals surface area contributed by atoms with Gasteiger partial charge >= 0.3 is 0 Å². The van der Waals surface area contributed by atoms with Crippen molar-refractivity contribution >= 4 is 21.7 Å². The Kier molecular flexibility index (Phi) is 4.45.